The molecule has 3 N–H and O–H groups in total. The SMILES string of the molecule is CC1CCC(C(C)C)C(NC(C)c2c(O)cccc2O)C1. The second kappa shape index (κ2) is 6.69. The highest BCUT2D eigenvalue weighted by atomic mass is 16.3. The molecule has 4 unspecified atom stereocenters. The van der Waals surface area contributed by atoms with Crippen molar-refractivity contribution >= 4 is 0 Å². The second-order valence-corrected chi connectivity index (χ2v) is 7.03. The molecular weight excluding hydrogens is 262 g/mol. The average Bonchev–Trinajstić information content (AvgIpc) is 2.38. The van der Waals surface area contributed by atoms with Crippen molar-refractivity contribution in [2.24, 2.45) is 17.8 Å². The molecule has 4 atom stereocenters. The van der Waals surface area contributed by atoms with E-state index >= 15 is 0 Å². The number of phenols is 2. The van der Waals surface area contributed by atoms with Crippen LogP contribution < -0.4 is 5.32 Å². The highest BCUT2D eigenvalue weighted by Gasteiger charge is 2.32. The molecule has 1 aromatic carbocycles. The largest absolute Gasteiger partial charge is 0.507 e. The van der Waals surface area contributed by atoms with Gasteiger partial charge in [-0.25, -0.2) is 0 Å². The number of hydrogen-bond donors (Lipinski definition) is 3. The molecule has 1 aliphatic rings. The number of benzene rings is 1. The topological polar surface area (TPSA) is 52.5 Å². The molecular formula is C18H29NO2. The predicted octanol–water partition coefficient (Wildman–Crippen LogP) is 4.21. The highest BCUT2D eigenvalue weighted by Crippen LogP contribution is 2.37. The Bertz CT molecular complexity index is 452. The summed E-state index contributed by atoms with van der Waals surface area (Å²) < 4.78 is 0. The summed E-state index contributed by atoms with van der Waals surface area (Å²) in [6.07, 6.45) is 3.73. The van der Waals surface area contributed by atoms with Crippen molar-refractivity contribution in [2.75, 3.05) is 0 Å². The summed E-state index contributed by atoms with van der Waals surface area (Å²) in [5.74, 6) is 2.39. The molecule has 0 heterocycles. The zero-order valence-corrected chi connectivity index (χ0v) is 13.6. The third-order valence-electron chi connectivity index (χ3n) is 4.98. The first kappa shape index (κ1) is 16.2. The number of aromatic hydroxyl groups is 2. The first-order valence-electron chi connectivity index (χ1n) is 8.17. The first-order valence-corrected chi connectivity index (χ1v) is 8.17. The van der Waals surface area contributed by atoms with E-state index in [1.165, 1.54) is 19.3 Å². The van der Waals surface area contributed by atoms with Crippen LogP contribution in [0.3, 0.4) is 0 Å². The van der Waals surface area contributed by atoms with E-state index in [1.807, 2.05) is 6.92 Å². The summed E-state index contributed by atoms with van der Waals surface area (Å²) in [5, 5.41) is 23.7. The molecule has 0 spiro atoms. The normalized spacial score (nSPS) is 27.8. The zero-order valence-electron chi connectivity index (χ0n) is 13.6. The van der Waals surface area contributed by atoms with Gasteiger partial charge in [-0.05, 0) is 49.7 Å². The molecule has 0 bridgehead atoms. The van der Waals surface area contributed by atoms with Crippen LogP contribution in [0.15, 0.2) is 18.2 Å². The van der Waals surface area contributed by atoms with E-state index in [1.54, 1.807) is 18.2 Å². The smallest absolute Gasteiger partial charge is 0.124 e. The maximum atomic E-state index is 10.0. The quantitative estimate of drug-likeness (QED) is 0.779. The first-order chi connectivity index (χ1) is 9.90. The van der Waals surface area contributed by atoms with Crippen LogP contribution in [0.5, 0.6) is 11.5 Å². The lowest BCUT2D eigenvalue weighted by Crippen LogP contribution is -2.43. The van der Waals surface area contributed by atoms with Crippen LogP contribution in [0, 0.1) is 17.8 Å². The van der Waals surface area contributed by atoms with Gasteiger partial charge in [0.2, 0.25) is 0 Å². The maximum absolute atomic E-state index is 10.0. The Labute approximate surface area is 128 Å². The maximum Gasteiger partial charge on any atom is 0.124 e. The van der Waals surface area contributed by atoms with Crippen molar-refractivity contribution in [3.8, 4) is 11.5 Å². The van der Waals surface area contributed by atoms with Gasteiger partial charge in [0.05, 0.1) is 5.56 Å². The van der Waals surface area contributed by atoms with Gasteiger partial charge < -0.3 is 15.5 Å². The van der Waals surface area contributed by atoms with Gasteiger partial charge in [-0.3, -0.25) is 0 Å². The summed E-state index contributed by atoms with van der Waals surface area (Å²) in [6.45, 7) is 8.91. The van der Waals surface area contributed by atoms with E-state index in [-0.39, 0.29) is 17.5 Å². The van der Waals surface area contributed by atoms with Crippen LogP contribution in [0.2, 0.25) is 0 Å². The summed E-state index contributed by atoms with van der Waals surface area (Å²) >= 11 is 0. The van der Waals surface area contributed by atoms with E-state index in [0.29, 0.717) is 23.4 Å². The third kappa shape index (κ3) is 3.70. The van der Waals surface area contributed by atoms with Gasteiger partial charge in [0.15, 0.2) is 0 Å². The number of hydrogen-bond acceptors (Lipinski definition) is 3. The summed E-state index contributed by atoms with van der Waals surface area (Å²) in [4.78, 5) is 0. The number of rotatable bonds is 4. The fraction of sp³-hybridized carbons (Fsp3) is 0.667. The molecule has 3 nitrogen and oxygen atoms in total. The minimum atomic E-state index is -0.0530. The molecule has 1 fully saturated rings. The molecule has 0 radical (unpaired) electrons. The van der Waals surface area contributed by atoms with E-state index < -0.39 is 0 Å². The Kier molecular flexibility index (Phi) is 5.15. The molecule has 1 saturated carbocycles. The van der Waals surface area contributed by atoms with Crippen molar-refractivity contribution in [3.63, 3.8) is 0 Å². The highest BCUT2D eigenvalue weighted by molar-refractivity contribution is 5.44. The third-order valence-corrected chi connectivity index (χ3v) is 4.98. The lowest BCUT2D eigenvalue weighted by atomic mass is 9.73. The fourth-order valence-electron chi connectivity index (χ4n) is 3.78. The minimum absolute atomic E-state index is 0.0530. The summed E-state index contributed by atoms with van der Waals surface area (Å²) in [5.41, 5.74) is 0.609. The van der Waals surface area contributed by atoms with E-state index in [4.69, 9.17) is 0 Å². The van der Waals surface area contributed by atoms with Crippen LogP contribution in [0.1, 0.15) is 58.6 Å². The van der Waals surface area contributed by atoms with Gasteiger partial charge in [0.1, 0.15) is 11.5 Å². The molecule has 0 aliphatic heterocycles. The molecule has 0 aromatic heterocycles. The summed E-state index contributed by atoms with van der Waals surface area (Å²) in [6, 6.07) is 5.33. The van der Waals surface area contributed by atoms with Gasteiger partial charge in [-0.1, -0.05) is 33.3 Å². The van der Waals surface area contributed by atoms with Gasteiger partial charge in [0.25, 0.3) is 0 Å². The lowest BCUT2D eigenvalue weighted by molar-refractivity contribution is 0.160. The Hall–Kier alpha value is -1.22. The summed E-state index contributed by atoms with van der Waals surface area (Å²) in [7, 11) is 0. The Morgan fingerprint density at radius 3 is 2.29 bits per heavy atom. The Morgan fingerprint density at radius 2 is 1.71 bits per heavy atom. The molecule has 2 rings (SSSR count). The van der Waals surface area contributed by atoms with Crippen LogP contribution in [0.4, 0.5) is 0 Å². The standard InChI is InChI=1S/C18H29NO2/c1-11(2)14-9-8-12(3)10-15(14)19-13(4)18-16(20)6-5-7-17(18)21/h5-7,11-15,19-21H,8-10H2,1-4H3. The van der Waals surface area contributed by atoms with Crippen LogP contribution in [-0.4, -0.2) is 16.3 Å². The molecule has 3 heteroatoms. The predicted molar refractivity (Wildman–Crippen MR) is 86.5 cm³/mol. The van der Waals surface area contributed by atoms with E-state index in [2.05, 4.69) is 26.1 Å². The minimum Gasteiger partial charge on any atom is -0.507 e. The van der Waals surface area contributed by atoms with Crippen molar-refractivity contribution in [2.45, 2.75) is 59.0 Å². The van der Waals surface area contributed by atoms with Crippen LogP contribution in [-0.2, 0) is 0 Å². The number of nitrogens with one attached hydrogen (secondary N) is 1. The number of phenolic OH excluding ortho intramolecular Hbond substituents is 2. The van der Waals surface area contributed by atoms with Crippen molar-refractivity contribution in [1.29, 1.82) is 0 Å². The van der Waals surface area contributed by atoms with Crippen molar-refractivity contribution in [3.05, 3.63) is 23.8 Å². The van der Waals surface area contributed by atoms with E-state index in [9.17, 15) is 10.2 Å². The Balaban J connectivity index is 2.14. The Morgan fingerprint density at radius 1 is 1.10 bits per heavy atom. The van der Waals surface area contributed by atoms with Gasteiger partial charge in [-0.2, -0.15) is 0 Å². The second-order valence-electron chi connectivity index (χ2n) is 7.03. The lowest BCUT2D eigenvalue weighted by Gasteiger charge is -2.39. The molecule has 0 saturated heterocycles. The molecule has 0 amide bonds. The monoisotopic (exact) mass is 291 g/mol. The zero-order chi connectivity index (χ0) is 15.6. The molecule has 1 aromatic rings. The fourth-order valence-corrected chi connectivity index (χ4v) is 3.78. The van der Waals surface area contributed by atoms with Gasteiger partial charge in [-0.15, -0.1) is 0 Å². The van der Waals surface area contributed by atoms with Crippen LogP contribution >= 0.6 is 0 Å². The van der Waals surface area contributed by atoms with Gasteiger partial charge in [0, 0.05) is 12.1 Å². The average molecular weight is 291 g/mol. The van der Waals surface area contributed by atoms with Crippen molar-refractivity contribution < 1.29 is 10.2 Å². The van der Waals surface area contributed by atoms with Crippen molar-refractivity contribution in [1.82, 2.24) is 5.32 Å². The van der Waals surface area contributed by atoms with Crippen LogP contribution in [0.25, 0.3) is 0 Å². The molecule has 118 valence electrons. The van der Waals surface area contributed by atoms with E-state index in [0.717, 1.165) is 5.92 Å². The van der Waals surface area contributed by atoms with Gasteiger partial charge >= 0.3 is 0 Å². The molecule has 1 aliphatic carbocycles. The molecule has 21 heavy (non-hydrogen) atoms.